The number of carbonyl (C=O) groups is 1. The third-order valence-electron chi connectivity index (χ3n) is 2.81. The Morgan fingerprint density at radius 2 is 2.05 bits per heavy atom. The summed E-state index contributed by atoms with van der Waals surface area (Å²) < 4.78 is 32.3. The summed E-state index contributed by atoms with van der Waals surface area (Å²) in [4.78, 5) is 12.1. The van der Waals surface area contributed by atoms with Crippen molar-refractivity contribution in [2.45, 2.75) is 12.0 Å². The Kier molecular flexibility index (Phi) is 4.45. The lowest BCUT2D eigenvalue weighted by Crippen LogP contribution is -2.13. The first-order valence-electron chi connectivity index (χ1n) is 6.00. The molecule has 118 valence electrons. The molecule has 0 fully saturated rings. The van der Waals surface area contributed by atoms with Crippen LogP contribution in [0.3, 0.4) is 0 Å². The number of carbonyl (C=O) groups excluding carboxylic acids is 1. The smallest absolute Gasteiger partial charge is 0.291 e. The molecule has 0 aliphatic carbocycles. The van der Waals surface area contributed by atoms with Crippen molar-refractivity contribution >= 4 is 33.2 Å². The molecule has 1 aromatic carbocycles. The summed E-state index contributed by atoms with van der Waals surface area (Å²) >= 11 is 5.98. The van der Waals surface area contributed by atoms with E-state index < -0.39 is 21.0 Å². The number of ether oxygens (including phenoxy) is 1. The molecule has 1 amide bonds. The quantitative estimate of drug-likeness (QED) is 0.882. The molecule has 7 nitrogen and oxygen atoms in total. The number of nitrogens with two attached hydrogens (primary N) is 1. The maximum absolute atomic E-state index is 12.1. The van der Waals surface area contributed by atoms with Gasteiger partial charge in [-0.15, -0.1) is 0 Å². The second-order valence-corrected chi connectivity index (χ2v) is 6.32. The predicted molar refractivity (Wildman–Crippen MR) is 80.8 cm³/mol. The zero-order valence-electron chi connectivity index (χ0n) is 11.7. The monoisotopic (exact) mass is 344 g/mol. The minimum absolute atomic E-state index is 0.196. The number of nitrogens with one attached hydrogen (secondary N) is 1. The lowest BCUT2D eigenvalue weighted by atomic mass is 10.2. The maximum atomic E-state index is 12.1. The van der Waals surface area contributed by atoms with E-state index in [0.29, 0.717) is 16.5 Å². The summed E-state index contributed by atoms with van der Waals surface area (Å²) in [5.74, 6) is -0.476. The molecule has 0 aliphatic rings. The number of hydrogen-bond acceptors (Lipinski definition) is 5. The van der Waals surface area contributed by atoms with Crippen molar-refractivity contribution in [3.05, 3.63) is 40.6 Å². The molecule has 0 spiro atoms. The van der Waals surface area contributed by atoms with Crippen molar-refractivity contribution in [1.82, 2.24) is 0 Å². The summed E-state index contributed by atoms with van der Waals surface area (Å²) in [6, 6.07) is 5.51. The van der Waals surface area contributed by atoms with Crippen LogP contribution in [-0.4, -0.2) is 21.4 Å². The van der Waals surface area contributed by atoms with E-state index in [1.54, 1.807) is 19.1 Å². The number of hydrogen-bond donors (Lipinski definition) is 2. The Labute approximate surface area is 132 Å². The van der Waals surface area contributed by atoms with Crippen LogP contribution in [-0.2, 0) is 10.0 Å². The van der Waals surface area contributed by atoms with Crippen LogP contribution in [0.2, 0.25) is 5.02 Å². The number of benzene rings is 1. The zero-order valence-corrected chi connectivity index (χ0v) is 13.3. The highest BCUT2D eigenvalue weighted by Crippen LogP contribution is 2.31. The van der Waals surface area contributed by atoms with E-state index in [2.05, 4.69) is 5.32 Å². The standard InChI is InChI=1S/C13H13ClN2O5S/c1-7-5-9(11(20-2)6-8(7)14)16-13(17)10-3-4-12(21-10)22(15,18)19/h3-6H,1-2H3,(H,16,17)(H2,15,18,19). The fourth-order valence-electron chi connectivity index (χ4n) is 1.71. The lowest BCUT2D eigenvalue weighted by Gasteiger charge is -2.11. The molecule has 0 saturated heterocycles. The van der Waals surface area contributed by atoms with Crippen LogP contribution in [0.5, 0.6) is 5.75 Å². The van der Waals surface area contributed by atoms with E-state index >= 15 is 0 Å². The Hall–Kier alpha value is -2.03. The summed E-state index contributed by atoms with van der Waals surface area (Å²) in [5, 5.41) is 7.48. The topological polar surface area (TPSA) is 112 Å². The number of methoxy groups -OCH3 is 1. The van der Waals surface area contributed by atoms with E-state index in [0.717, 1.165) is 11.6 Å². The van der Waals surface area contributed by atoms with Crippen molar-refractivity contribution in [2.24, 2.45) is 5.14 Å². The van der Waals surface area contributed by atoms with Crippen molar-refractivity contribution in [1.29, 1.82) is 0 Å². The van der Waals surface area contributed by atoms with Gasteiger partial charge in [-0.2, -0.15) is 0 Å². The van der Waals surface area contributed by atoms with E-state index in [9.17, 15) is 13.2 Å². The average Bonchev–Trinajstić information content (AvgIpc) is 2.92. The summed E-state index contributed by atoms with van der Waals surface area (Å²) in [5.41, 5.74) is 1.12. The number of halogens is 1. The third kappa shape index (κ3) is 3.41. The molecule has 2 rings (SSSR count). The molecule has 0 saturated carbocycles. The van der Waals surface area contributed by atoms with Gasteiger partial charge < -0.3 is 14.5 Å². The molecule has 22 heavy (non-hydrogen) atoms. The second-order valence-electron chi connectivity index (χ2n) is 4.42. The maximum Gasteiger partial charge on any atom is 0.291 e. The lowest BCUT2D eigenvalue weighted by molar-refractivity contribution is 0.0991. The minimum atomic E-state index is -4.00. The first kappa shape index (κ1) is 16.3. The van der Waals surface area contributed by atoms with Gasteiger partial charge in [-0.25, -0.2) is 13.6 Å². The van der Waals surface area contributed by atoms with Crippen LogP contribution in [0.1, 0.15) is 16.1 Å². The van der Waals surface area contributed by atoms with Gasteiger partial charge in [-0.05, 0) is 30.7 Å². The number of amides is 1. The zero-order chi connectivity index (χ0) is 16.5. The Morgan fingerprint density at radius 1 is 1.36 bits per heavy atom. The van der Waals surface area contributed by atoms with E-state index in [-0.39, 0.29) is 5.76 Å². The molecule has 1 aromatic heterocycles. The van der Waals surface area contributed by atoms with Crippen molar-refractivity contribution in [2.75, 3.05) is 12.4 Å². The van der Waals surface area contributed by atoms with Crippen LogP contribution in [0.4, 0.5) is 5.69 Å². The SMILES string of the molecule is COc1cc(Cl)c(C)cc1NC(=O)c1ccc(S(N)(=O)=O)o1. The number of furan rings is 1. The number of sulfonamides is 1. The fourth-order valence-corrected chi connectivity index (χ4v) is 2.33. The van der Waals surface area contributed by atoms with Gasteiger partial charge in [0, 0.05) is 11.1 Å². The largest absolute Gasteiger partial charge is 0.495 e. The molecule has 1 heterocycles. The van der Waals surface area contributed by atoms with Gasteiger partial charge in [0.1, 0.15) is 5.75 Å². The molecule has 0 atom stereocenters. The number of rotatable bonds is 4. The Balaban J connectivity index is 2.29. The first-order valence-corrected chi connectivity index (χ1v) is 7.93. The molecule has 2 aromatic rings. The van der Waals surface area contributed by atoms with Crippen LogP contribution >= 0.6 is 11.6 Å². The Bertz CT molecular complexity index is 829. The van der Waals surface area contributed by atoms with Crippen molar-refractivity contribution in [3.8, 4) is 5.75 Å². The molecule has 0 unspecified atom stereocenters. The number of primary sulfonamides is 1. The van der Waals surface area contributed by atoms with E-state index in [1.807, 2.05) is 0 Å². The highest BCUT2D eigenvalue weighted by molar-refractivity contribution is 7.89. The van der Waals surface area contributed by atoms with Gasteiger partial charge in [0.2, 0.25) is 5.09 Å². The van der Waals surface area contributed by atoms with Crippen LogP contribution < -0.4 is 15.2 Å². The second kappa shape index (κ2) is 5.99. The van der Waals surface area contributed by atoms with Gasteiger partial charge in [0.25, 0.3) is 15.9 Å². The van der Waals surface area contributed by atoms with Gasteiger partial charge in [-0.3, -0.25) is 4.79 Å². The molecule has 0 radical (unpaired) electrons. The average molecular weight is 345 g/mol. The van der Waals surface area contributed by atoms with Gasteiger partial charge in [0.05, 0.1) is 12.8 Å². The van der Waals surface area contributed by atoms with Gasteiger partial charge >= 0.3 is 0 Å². The van der Waals surface area contributed by atoms with Crippen LogP contribution in [0.25, 0.3) is 0 Å². The number of anilines is 1. The summed E-state index contributed by atoms with van der Waals surface area (Å²) in [7, 11) is -2.57. The van der Waals surface area contributed by atoms with Crippen molar-refractivity contribution in [3.63, 3.8) is 0 Å². The minimum Gasteiger partial charge on any atom is -0.495 e. The highest BCUT2D eigenvalue weighted by atomic mass is 35.5. The van der Waals surface area contributed by atoms with Gasteiger partial charge in [0.15, 0.2) is 5.76 Å². The van der Waals surface area contributed by atoms with Crippen LogP contribution in [0, 0.1) is 6.92 Å². The first-order chi connectivity index (χ1) is 10.2. The van der Waals surface area contributed by atoms with Gasteiger partial charge in [-0.1, -0.05) is 11.6 Å². The van der Waals surface area contributed by atoms with E-state index in [1.165, 1.54) is 13.2 Å². The third-order valence-corrected chi connectivity index (χ3v) is 4.00. The normalized spacial score (nSPS) is 11.3. The summed E-state index contributed by atoms with van der Waals surface area (Å²) in [6.07, 6.45) is 0. The van der Waals surface area contributed by atoms with E-state index in [4.69, 9.17) is 25.9 Å². The fraction of sp³-hybridized carbons (Fsp3) is 0.154. The highest BCUT2D eigenvalue weighted by Gasteiger charge is 2.19. The number of aryl methyl sites for hydroxylation is 1. The molecular formula is C13H13ClN2O5S. The molecule has 0 aliphatic heterocycles. The molecule has 0 bridgehead atoms. The van der Waals surface area contributed by atoms with Crippen molar-refractivity contribution < 1.29 is 22.4 Å². The molecule has 9 heteroatoms. The molecular weight excluding hydrogens is 332 g/mol. The predicted octanol–water partition coefficient (Wildman–Crippen LogP) is 2.15. The van der Waals surface area contributed by atoms with Crippen LogP contribution in [0.15, 0.2) is 33.8 Å². The molecule has 3 N–H and O–H groups in total. The Morgan fingerprint density at radius 3 is 2.59 bits per heavy atom. The summed E-state index contributed by atoms with van der Waals surface area (Å²) in [6.45, 7) is 1.77.